The fourth-order valence-electron chi connectivity index (χ4n) is 2.74. The van der Waals surface area contributed by atoms with Gasteiger partial charge in [0.2, 0.25) is 0 Å². The molecule has 1 amide bonds. The number of rotatable bonds is 5. The smallest absolute Gasteiger partial charge is 0.251 e. The van der Waals surface area contributed by atoms with Crippen molar-refractivity contribution in [3.63, 3.8) is 0 Å². The Hall–Kier alpha value is -1.89. The molecule has 2 aromatic rings. The van der Waals surface area contributed by atoms with Crippen molar-refractivity contribution in [3.05, 3.63) is 65.7 Å². The molecule has 3 rings (SSSR count). The molecule has 134 valence electrons. The average Bonchev–Trinajstić information content (AvgIpc) is 3.08. The lowest BCUT2D eigenvalue weighted by Crippen LogP contribution is -2.36. The molecule has 1 unspecified atom stereocenters. The van der Waals surface area contributed by atoms with Crippen LogP contribution in [-0.4, -0.2) is 33.5 Å². The first-order valence-electron chi connectivity index (χ1n) is 7.93. The molecule has 1 aliphatic heterocycles. The molecule has 0 radical (unpaired) electrons. The van der Waals surface area contributed by atoms with Gasteiger partial charge in [-0.2, -0.15) is 0 Å². The Labute approximate surface area is 154 Å². The van der Waals surface area contributed by atoms with Crippen LogP contribution in [-0.2, 0) is 15.6 Å². The monoisotopic (exact) mass is 380 g/mol. The number of hydrogen-bond donors (Lipinski definition) is 2. The lowest BCUT2D eigenvalue weighted by atomic mass is 10.2. The zero-order chi connectivity index (χ0) is 17.0. The minimum atomic E-state index is -3.42. The normalized spacial score (nSPS) is 16.9. The van der Waals surface area contributed by atoms with Gasteiger partial charge in [-0.25, -0.2) is 8.42 Å². The first-order valence-corrected chi connectivity index (χ1v) is 9.58. The molecular formula is C18H21ClN2O3S. The second-order valence-corrected chi connectivity index (χ2v) is 7.92. The molecule has 0 aromatic heterocycles. The summed E-state index contributed by atoms with van der Waals surface area (Å²) in [5.74, 6) is -0.219. The average molecular weight is 381 g/mol. The molecule has 0 spiro atoms. The number of halogens is 1. The van der Waals surface area contributed by atoms with E-state index in [1.54, 1.807) is 24.3 Å². The summed E-state index contributed by atoms with van der Waals surface area (Å²) in [6.45, 7) is 1.68. The Morgan fingerprint density at radius 1 is 1.08 bits per heavy atom. The van der Waals surface area contributed by atoms with E-state index in [2.05, 4.69) is 10.6 Å². The molecule has 0 aliphatic carbocycles. The number of benzene rings is 2. The number of amides is 1. The van der Waals surface area contributed by atoms with Gasteiger partial charge in [-0.05, 0) is 42.8 Å². The van der Waals surface area contributed by atoms with Crippen molar-refractivity contribution >= 4 is 28.2 Å². The minimum Gasteiger partial charge on any atom is -0.348 e. The molecule has 1 heterocycles. The molecule has 2 aromatic carbocycles. The van der Waals surface area contributed by atoms with Crippen LogP contribution in [0.15, 0.2) is 59.5 Å². The lowest BCUT2D eigenvalue weighted by molar-refractivity contribution is 0.0940. The number of sulfone groups is 1. The van der Waals surface area contributed by atoms with Gasteiger partial charge in [0.05, 0.1) is 10.6 Å². The fourth-order valence-corrected chi connectivity index (χ4v) is 4.09. The molecule has 7 heteroatoms. The standard InChI is InChI=1S/C18H20N2O3S.ClH/c21-18(20-16-10-11-19-12-16)15-6-8-17(9-7-15)24(22,23)13-14-4-2-1-3-5-14;/h1-9,16,19H,10-13H2,(H,20,21);1H. The summed E-state index contributed by atoms with van der Waals surface area (Å²) in [4.78, 5) is 12.4. The SMILES string of the molecule is Cl.O=C(NC1CCNC1)c1ccc(S(=O)(=O)Cc2ccccc2)cc1. The van der Waals surface area contributed by atoms with Crippen molar-refractivity contribution < 1.29 is 13.2 Å². The Balaban J connectivity index is 0.00000225. The maximum Gasteiger partial charge on any atom is 0.251 e. The highest BCUT2D eigenvalue weighted by atomic mass is 35.5. The highest BCUT2D eigenvalue weighted by Crippen LogP contribution is 2.17. The molecule has 0 bridgehead atoms. The first-order chi connectivity index (χ1) is 11.5. The van der Waals surface area contributed by atoms with E-state index in [1.165, 1.54) is 12.1 Å². The van der Waals surface area contributed by atoms with Gasteiger partial charge in [-0.1, -0.05) is 30.3 Å². The molecule has 2 N–H and O–H groups in total. The van der Waals surface area contributed by atoms with Gasteiger partial charge in [-0.3, -0.25) is 4.79 Å². The van der Waals surface area contributed by atoms with Gasteiger partial charge in [0, 0.05) is 18.2 Å². The van der Waals surface area contributed by atoms with Gasteiger partial charge in [-0.15, -0.1) is 12.4 Å². The predicted molar refractivity (Wildman–Crippen MR) is 99.8 cm³/mol. The Bertz CT molecular complexity index is 802. The van der Waals surface area contributed by atoms with Crippen LogP contribution in [0.2, 0.25) is 0 Å². The van der Waals surface area contributed by atoms with E-state index in [-0.39, 0.29) is 35.0 Å². The van der Waals surface area contributed by atoms with E-state index in [0.29, 0.717) is 5.56 Å². The van der Waals surface area contributed by atoms with E-state index in [4.69, 9.17) is 0 Å². The zero-order valence-electron chi connectivity index (χ0n) is 13.6. The van der Waals surface area contributed by atoms with Crippen molar-refractivity contribution in [2.75, 3.05) is 13.1 Å². The van der Waals surface area contributed by atoms with Crippen LogP contribution in [0.1, 0.15) is 22.3 Å². The van der Waals surface area contributed by atoms with Crippen LogP contribution in [0.25, 0.3) is 0 Å². The van der Waals surface area contributed by atoms with Crippen molar-refractivity contribution in [1.29, 1.82) is 0 Å². The summed E-state index contributed by atoms with van der Waals surface area (Å²) >= 11 is 0. The second kappa shape index (κ2) is 8.47. The zero-order valence-corrected chi connectivity index (χ0v) is 15.3. The predicted octanol–water partition coefficient (Wildman–Crippen LogP) is 2.17. The largest absolute Gasteiger partial charge is 0.348 e. The number of carbonyl (C=O) groups is 1. The van der Waals surface area contributed by atoms with Crippen molar-refractivity contribution in [2.24, 2.45) is 0 Å². The third kappa shape index (κ3) is 5.04. The minimum absolute atomic E-state index is 0. The van der Waals surface area contributed by atoms with Gasteiger partial charge >= 0.3 is 0 Å². The van der Waals surface area contributed by atoms with Gasteiger partial charge in [0.25, 0.3) is 5.91 Å². The number of nitrogens with one attached hydrogen (secondary N) is 2. The Kier molecular flexibility index (Phi) is 6.58. The summed E-state index contributed by atoms with van der Waals surface area (Å²) in [6, 6.07) is 15.3. The maximum absolute atomic E-state index is 12.5. The second-order valence-electron chi connectivity index (χ2n) is 5.93. The van der Waals surface area contributed by atoms with Crippen LogP contribution in [0.5, 0.6) is 0 Å². The molecule has 25 heavy (non-hydrogen) atoms. The molecule has 1 fully saturated rings. The Morgan fingerprint density at radius 3 is 2.36 bits per heavy atom. The third-order valence-electron chi connectivity index (χ3n) is 4.07. The van der Waals surface area contributed by atoms with Crippen molar-refractivity contribution in [3.8, 4) is 0 Å². The van der Waals surface area contributed by atoms with Crippen LogP contribution < -0.4 is 10.6 Å². The number of hydrogen-bond acceptors (Lipinski definition) is 4. The van der Waals surface area contributed by atoms with Crippen molar-refractivity contribution in [1.82, 2.24) is 10.6 Å². The number of carbonyl (C=O) groups excluding carboxylic acids is 1. The van der Waals surface area contributed by atoms with Crippen LogP contribution in [0.3, 0.4) is 0 Å². The lowest BCUT2D eigenvalue weighted by Gasteiger charge is -2.11. The van der Waals surface area contributed by atoms with E-state index < -0.39 is 9.84 Å². The Morgan fingerprint density at radius 2 is 1.76 bits per heavy atom. The highest BCUT2D eigenvalue weighted by Gasteiger charge is 2.19. The molecule has 0 saturated carbocycles. The van der Waals surface area contributed by atoms with Gasteiger partial charge in [0.1, 0.15) is 0 Å². The molecule has 5 nitrogen and oxygen atoms in total. The van der Waals surface area contributed by atoms with Crippen LogP contribution in [0, 0.1) is 0 Å². The summed E-state index contributed by atoms with van der Waals surface area (Å²) in [7, 11) is -3.42. The summed E-state index contributed by atoms with van der Waals surface area (Å²) in [5.41, 5.74) is 1.22. The van der Waals surface area contributed by atoms with Crippen LogP contribution in [0.4, 0.5) is 0 Å². The summed E-state index contributed by atoms with van der Waals surface area (Å²) in [5, 5.41) is 6.13. The fraction of sp³-hybridized carbons (Fsp3) is 0.278. The van der Waals surface area contributed by atoms with E-state index >= 15 is 0 Å². The van der Waals surface area contributed by atoms with Gasteiger partial charge < -0.3 is 10.6 Å². The van der Waals surface area contributed by atoms with E-state index in [0.717, 1.165) is 25.1 Å². The van der Waals surface area contributed by atoms with Crippen molar-refractivity contribution in [2.45, 2.75) is 23.1 Å². The highest BCUT2D eigenvalue weighted by molar-refractivity contribution is 7.90. The van der Waals surface area contributed by atoms with Crippen LogP contribution >= 0.6 is 12.4 Å². The first kappa shape index (κ1) is 19.4. The summed E-state index contributed by atoms with van der Waals surface area (Å²) in [6.07, 6.45) is 0.912. The molecule has 1 aliphatic rings. The topological polar surface area (TPSA) is 75.3 Å². The summed E-state index contributed by atoms with van der Waals surface area (Å²) < 4.78 is 24.9. The van der Waals surface area contributed by atoms with E-state index in [9.17, 15) is 13.2 Å². The van der Waals surface area contributed by atoms with Gasteiger partial charge in [0.15, 0.2) is 9.84 Å². The molecule has 1 atom stereocenters. The molecular weight excluding hydrogens is 360 g/mol. The van der Waals surface area contributed by atoms with E-state index in [1.807, 2.05) is 18.2 Å². The quantitative estimate of drug-likeness (QED) is 0.833. The maximum atomic E-state index is 12.5. The molecule has 1 saturated heterocycles. The third-order valence-corrected chi connectivity index (χ3v) is 5.77.